The molecule has 1 N–H and O–H groups in total. The zero-order chi connectivity index (χ0) is 17.4. The lowest BCUT2D eigenvalue weighted by molar-refractivity contribution is -0.384. The lowest BCUT2D eigenvalue weighted by Crippen LogP contribution is -2.39. The molecule has 1 atom stereocenters. The van der Waals surface area contributed by atoms with E-state index < -0.39 is 11.0 Å². The van der Waals surface area contributed by atoms with Gasteiger partial charge in [0, 0.05) is 26.2 Å². The third-order valence-corrected chi connectivity index (χ3v) is 4.51. The van der Waals surface area contributed by atoms with Crippen LogP contribution in [0, 0.1) is 10.1 Å². The molecule has 2 aliphatic rings. The van der Waals surface area contributed by atoms with Gasteiger partial charge in [-0.3, -0.25) is 10.1 Å². The third-order valence-electron chi connectivity index (χ3n) is 4.51. The van der Waals surface area contributed by atoms with Gasteiger partial charge < -0.3 is 24.1 Å². The quantitative estimate of drug-likeness (QED) is 0.637. The van der Waals surface area contributed by atoms with E-state index in [1.807, 2.05) is 4.90 Å². The van der Waals surface area contributed by atoms with Gasteiger partial charge in [-0.15, -0.1) is 0 Å². The maximum Gasteiger partial charge on any atom is 0.315 e. The number of aliphatic hydroxyl groups is 1. The normalized spacial score (nSPS) is 21.7. The third kappa shape index (κ3) is 3.10. The van der Waals surface area contributed by atoms with Crippen molar-refractivity contribution in [2.75, 3.05) is 49.2 Å². The molecule has 2 aromatic heterocycles. The summed E-state index contributed by atoms with van der Waals surface area (Å²) in [6, 6.07) is 1.77. The van der Waals surface area contributed by atoms with Crippen molar-refractivity contribution in [1.82, 2.24) is 9.97 Å². The van der Waals surface area contributed by atoms with Crippen LogP contribution in [0.1, 0.15) is 12.8 Å². The molecule has 0 radical (unpaired) electrons. The maximum atomic E-state index is 11.5. The van der Waals surface area contributed by atoms with Gasteiger partial charge >= 0.3 is 5.69 Å². The minimum absolute atomic E-state index is 0.133. The van der Waals surface area contributed by atoms with Crippen LogP contribution < -0.4 is 9.80 Å². The summed E-state index contributed by atoms with van der Waals surface area (Å²) in [5.41, 5.74) is 0.489. The van der Waals surface area contributed by atoms with Gasteiger partial charge in [0.2, 0.25) is 11.5 Å². The fourth-order valence-corrected chi connectivity index (χ4v) is 3.24. The molecule has 134 valence electrons. The molecular weight excluding hydrogens is 330 g/mol. The zero-order valence-electron chi connectivity index (χ0n) is 13.6. The maximum absolute atomic E-state index is 11.5. The van der Waals surface area contributed by atoms with Crippen LogP contribution in [-0.2, 0) is 4.74 Å². The highest BCUT2D eigenvalue weighted by Crippen LogP contribution is 2.33. The van der Waals surface area contributed by atoms with E-state index in [1.165, 1.54) is 6.07 Å². The molecule has 0 spiro atoms. The number of morpholine rings is 1. The van der Waals surface area contributed by atoms with Gasteiger partial charge in [-0.25, -0.2) is 4.98 Å². The monoisotopic (exact) mass is 349 g/mol. The predicted molar refractivity (Wildman–Crippen MR) is 88.9 cm³/mol. The van der Waals surface area contributed by atoms with Crippen LogP contribution in [0.25, 0.3) is 11.2 Å². The number of aromatic nitrogens is 2. The van der Waals surface area contributed by atoms with Crippen LogP contribution in [0.4, 0.5) is 17.5 Å². The van der Waals surface area contributed by atoms with Gasteiger partial charge in [0.05, 0.1) is 30.3 Å². The average molecular weight is 349 g/mol. The van der Waals surface area contributed by atoms with Crippen LogP contribution >= 0.6 is 0 Å². The van der Waals surface area contributed by atoms with Crippen LogP contribution in [0.3, 0.4) is 0 Å². The number of anilines is 2. The number of nitro groups is 1. The van der Waals surface area contributed by atoms with E-state index in [4.69, 9.17) is 9.15 Å². The van der Waals surface area contributed by atoms with Gasteiger partial charge in [0.15, 0.2) is 5.58 Å². The highest BCUT2D eigenvalue weighted by atomic mass is 16.6. The fourth-order valence-electron chi connectivity index (χ4n) is 3.24. The van der Waals surface area contributed by atoms with Crippen molar-refractivity contribution in [3.63, 3.8) is 0 Å². The molecule has 1 unspecified atom stereocenters. The predicted octanol–water partition coefficient (Wildman–Crippen LogP) is 0.929. The molecule has 0 aromatic carbocycles. The van der Waals surface area contributed by atoms with E-state index in [2.05, 4.69) is 9.97 Å². The van der Waals surface area contributed by atoms with E-state index in [9.17, 15) is 15.2 Å². The molecule has 4 rings (SSSR count). The van der Waals surface area contributed by atoms with Crippen LogP contribution in [0.2, 0.25) is 0 Å². The smallest absolute Gasteiger partial charge is 0.315 e. The Morgan fingerprint density at radius 3 is 2.76 bits per heavy atom. The first-order chi connectivity index (χ1) is 12.1. The molecule has 10 heteroatoms. The number of hydrogen-bond acceptors (Lipinski definition) is 9. The van der Waals surface area contributed by atoms with E-state index in [0.717, 1.165) is 6.42 Å². The van der Waals surface area contributed by atoms with Crippen LogP contribution in [-0.4, -0.2) is 65.5 Å². The molecule has 10 nitrogen and oxygen atoms in total. The number of rotatable bonds is 3. The number of nitrogens with zero attached hydrogens (tertiary/aromatic N) is 5. The van der Waals surface area contributed by atoms with Crippen LogP contribution in [0.5, 0.6) is 0 Å². The Kier molecular flexibility index (Phi) is 4.14. The lowest BCUT2D eigenvalue weighted by atomic mass is 10.1. The van der Waals surface area contributed by atoms with Crippen molar-refractivity contribution in [2.45, 2.75) is 18.9 Å². The topological polar surface area (TPSA) is 118 Å². The number of β-amino-alcohol motifs (C(OH)–C–C–N with tert-alkyl or cyclic N) is 1. The molecule has 0 amide bonds. The Bertz CT molecular complexity index is 788. The highest BCUT2D eigenvalue weighted by Gasteiger charge is 2.29. The first kappa shape index (κ1) is 16.0. The highest BCUT2D eigenvalue weighted by molar-refractivity contribution is 5.78. The molecule has 2 aliphatic heterocycles. The summed E-state index contributed by atoms with van der Waals surface area (Å²) in [6.45, 7) is 3.42. The Hall–Kier alpha value is -2.46. The molecular formula is C15H19N5O5. The molecule has 2 fully saturated rings. The molecule has 25 heavy (non-hydrogen) atoms. The largest absolute Gasteiger partial charge is 0.421 e. The summed E-state index contributed by atoms with van der Waals surface area (Å²) < 4.78 is 11.0. The van der Waals surface area contributed by atoms with E-state index in [0.29, 0.717) is 57.5 Å². The number of aliphatic hydroxyl groups excluding tert-OH is 1. The summed E-state index contributed by atoms with van der Waals surface area (Å²) in [4.78, 5) is 23.5. The summed E-state index contributed by atoms with van der Waals surface area (Å²) >= 11 is 0. The molecule has 2 saturated heterocycles. The van der Waals surface area contributed by atoms with Crippen molar-refractivity contribution in [2.24, 2.45) is 0 Å². The van der Waals surface area contributed by atoms with Gasteiger partial charge in [0.25, 0.3) is 6.01 Å². The SMILES string of the molecule is O=[N+]([O-])c1cc2oc(N3CCOCC3)nc2nc1N1CCCC(O)C1. The zero-order valence-corrected chi connectivity index (χ0v) is 13.6. The Labute approximate surface area is 143 Å². The van der Waals surface area contributed by atoms with Gasteiger partial charge in [0.1, 0.15) is 0 Å². The number of hydrogen-bond donors (Lipinski definition) is 1. The second-order valence-corrected chi connectivity index (χ2v) is 6.25. The molecule has 2 aromatic rings. The molecule has 0 bridgehead atoms. The average Bonchev–Trinajstić information content (AvgIpc) is 3.04. The van der Waals surface area contributed by atoms with Gasteiger partial charge in [-0.2, -0.15) is 4.98 Å². The number of oxazole rings is 1. The van der Waals surface area contributed by atoms with Crippen molar-refractivity contribution < 1.29 is 19.2 Å². The van der Waals surface area contributed by atoms with E-state index >= 15 is 0 Å². The van der Waals surface area contributed by atoms with E-state index in [-0.39, 0.29) is 17.1 Å². The summed E-state index contributed by atoms with van der Waals surface area (Å²) in [7, 11) is 0. The Morgan fingerprint density at radius 1 is 1.24 bits per heavy atom. The number of pyridine rings is 1. The van der Waals surface area contributed by atoms with Crippen molar-refractivity contribution in [3.05, 3.63) is 16.2 Å². The number of piperidine rings is 1. The molecule has 0 aliphatic carbocycles. The second kappa shape index (κ2) is 6.45. The standard InChI is InChI=1S/C15H19N5O5/c21-10-2-1-3-19(9-10)14-11(20(22)23)8-12-13(16-14)17-15(25-12)18-4-6-24-7-5-18/h8,10,21H,1-7,9H2. The number of ether oxygens (including phenoxy) is 1. The van der Waals surface area contributed by atoms with Crippen molar-refractivity contribution >= 4 is 28.8 Å². The first-order valence-electron chi connectivity index (χ1n) is 8.33. The van der Waals surface area contributed by atoms with E-state index in [1.54, 1.807) is 4.90 Å². The summed E-state index contributed by atoms with van der Waals surface area (Å²) in [5, 5.41) is 21.4. The summed E-state index contributed by atoms with van der Waals surface area (Å²) in [6.07, 6.45) is 0.945. The lowest BCUT2D eigenvalue weighted by Gasteiger charge is -2.30. The first-order valence-corrected chi connectivity index (χ1v) is 8.33. The molecule has 0 saturated carbocycles. The summed E-state index contributed by atoms with van der Waals surface area (Å²) in [5.74, 6) is 0.234. The molecule has 4 heterocycles. The number of fused-ring (bicyclic) bond motifs is 1. The van der Waals surface area contributed by atoms with Crippen molar-refractivity contribution in [1.29, 1.82) is 0 Å². The minimum Gasteiger partial charge on any atom is -0.421 e. The Balaban J connectivity index is 1.73. The fraction of sp³-hybridized carbons (Fsp3) is 0.600. The second-order valence-electron chi connectivity index (χ2n) is 6.25. The van der Waals surface area contributed by atoms with Gasteiger partial charge in [-0.05, 0) is 12.8 Å². The van der Waals surface area contributed by atoms with Crippen LogP contribution in [0.15, 0.2) is 10.5 Å². The van der Waals surface area contributed by atoms with Crippen molar-refractivity contribution in [3.8, 4) is 0 Å². The Morgan fingerprint density at radius 2 is 2.04 bits per heavy atom. The minimum atomic E-state index is -0.507. The van der Waals surface area contributed by atoms with Gasteiger partial charge in [-0.1, -0.05) is 0 Å².